The first-order valence-corrected chi connectivity index (χ1v) is 12.0. The summed E-state index contributed by atoms with van der Waals surface area (Å²) in [5.74, 6) is -0.537. The molecule has 32 heavy (non-hydrogen) atoms. The Morgan fingerprint density at radius 2 is 1.84 bits per heavy atom. The highest BCUT2D eigenvalue weighted by Gasteiger charge is 2.16. The zero-order chi connectivity index (χ0) is 23.3. The molecule has 10 heteroatoms. The standard InChI is InChI=1S/C22H23FIN5O2S/c1-4-29-18(11-25-21(31)16-7-5-6-8-17(16)23)27-28-22(29)32-12-19(30)26-20-13(2)9-15(24)10-14(20)3/h5-10H,4,11-12H2,1-3H3,(H,25,31)(H,26,30). The first kappa shape index (κ1) is 24.2. The summed E-state index contributed by atoms with van der Waals surface area (Å²) >= 11 is 3.52. The Balaban J connectivity index is 1.61. The van der Waals surface area contributed by atoms with Crippen LogP contribution in [0.3, 0.4) is 0 Å². The van der Waals surface area contributed by atoms with Crippen LogP contribution >= 0.6 is 34.4 Å². The number of nitrogens with one attached hydrogen (secondary N) is 2. The number of hydrogen-bond acceptors (Lipinski definition) is 5. The Labute approximate surface area is 203 Å². The van der Waals surface area contributed by atoms with Gasteiger partial charge in [0.2, 0.25) is 5.91 Å². The van der Waals surface area contributed by atoms with Crippen molar-refractivity contribution < 1.29 is 14.0 Å². The third-order valence-corrected chi connectivity index (χ3v) is 6.32. The van der Waals surface area contributed by atoms with Crippen molar-refractivity contribution in [3.05, 3.63) is 68.3 Å². The first-order valence-electron chi connectivity index (χ1n) is 9.94. The third-order valence-electron chi connectivity index (χ3n) is 4.73. The van der Waals surface area contributed by atoms with E-state index in [9.17, 15) is 14.0 Å². The minimum Gasteiger partial charge on any atom is -0.345 e. The Hall–Kier alpha value is -2.47. The summed E-state index contributed by atoms with van der Waals surface area (Å²) in [6, 6.07) is 9.83. The highest BCUT2D eigenvalue weighted by atomic mass is 127. The Morgan fingerprint density at radius 3 is 2.50 bits per heavy atom. The second-order valence-electron chi connectivity index (χ2n) is 7.06. The van der Waals surface area contributed by atoms with Gasteiger partial charge in [-0.15, -0.1) is 10.2 Å². The van der Waals surface area contributed by atoms with Crippen molar-refractivity contribution in [1.29, 1.82) is 0 Å². The smallest absolute Gasteiger partial charge is 0.254 e. The van der Waals surface area contributed by atoms with E-state index in [2.05, 4.69) is 43.4 Å². The van der Waals surface area contributed by atoms with E-state index in [1.165, 1.54) is 30.0 Å². The molecule has 0 saturated carbocycles. The zero-order valence-corrected chi connectivity index (χ0v) is 20.9. The predicted molar refractivity (Wildman–Crippen MR) is 131 cm³/mol. The lowest BCUT2D eigenvalue weighted by Gasteiger charge is -2.12. The average molecular weight is 567 g/mol. The monoisotopic (exact) mass is 567 g/mol. The van der Waals surface area contributed by atoms with Gasteiger partial charge in [0.15, 0.2) is 11.0 Å². The lowest BCUT2D eigenvalue weighted by atomic mass is 10.1. The normalized spacial score (nSPS) is 10.8. The van der Waals surface area contributed by atoms with Crippen LogP contribution < -0.4 is 10.6 Å². The largest absolute Gasteiger partial charge is 0.345 e. The summed E-state index contributed by atoms with van der Waals surface area (Å²) in [6.07, 6.45) is 0. The SMILES string of the molecule is CCn1c(CNC(=O)c2ccccc2F)nnc1SCC(=O)Nc1c(C)cc(I)cc1C. The van der Waals surface area contributed by atoms with Crippen molar-refractivity contribution in [2.75, 3.05) is 11.1 Å². The van der Waals surface area contributed by atoms with E-state index < -0.39 is 11.7 Å². The first-order chi connectivity index (χ1) is 15.3. The van der Waals surface area contributed by atoms with Crippen LogP contribution in [0.5, 0.6) is 0 Å². The lowest BCUT2D eigenvalue weighted by molar-refractivity contribution is -0.113. The molecule has 3 aromatic rings. The maximum Gasteiger partial charge on any atom is 0.254 e. The minimum atomic E-state index is -0.581. The number of amides is 2. The van der Waals surface area contributed by atoms with Crippen molar-refractivity contribution in [2.24, 2.45) is 0 Å². The molecule has 168 valence electrons. The van der Waals surface area contributed by atoms with Crippen LogP contribution in [-0.2, 0) is 17.9 Å². The number of carbonyl (C=O) groups excluding carboxylic acids is 2. The molecule has 0 atom stereocenters. The molecule has 2 N–H and O–H groups in total. The molecule has 1 heterocycles. The number of aryl methyl sites for hydroxylation is 2. The van der Waals surface area contributed by atoms with E-state index in [1.807, 2.05) is 37.5 Å². The van der Waals surface area contributed by atoms with Gasteiger partial charge in [-0.2, -0.15) is 0 Å². The maximum atomic E-state index is 13.8. The molecule has 0 bridgehead atoms. The summed E-state index contributed by atoms with van der Waals surface area (Å²) in [4.78, 5) is 24.7. The van der Waals surface area contributed by atoms with Gasteiger partial charge in [0, 0.05) is 15.8 Å². The minimum absolute atomic E-state index is 0.0254. The summed E-state index contributed by atoms with van der Waals surface area (Å²) in [6.45, 7) is 6.52. The molecule has 0 fully saturated rings. The van der Waals surface area contributed by atoms with Gasteiger partial charge in [0.25, 0.3) is 5.91 Å². The number of anilines is 1. The fraction of sp³-hybridized carbons (Fsp3) is 0.273. The van der Waals surface area contributed by atoms with Crippen LogP contribution in [-0.4, -0.2) is 32.3 Å². The number of carbonyl (C=O) groups is 2. The van der Waals surface area contributed by atoms with Crippen LogP contribution in [0.15, 0.2) is 41.6 Å². The highest BCUT2D eigenvalue weighted by Crippen LogP contribution is 2.24. The number of aromatic nitrogens is 3. The van der Waals surface area contributed by atoms with Gasteiger partial charge in [0.05, 0.1) is 17.9 Å². The molecule has 0 aliphatic heterocycles. The highest BCUT2D eigenvalue weighted by molar-refractivity contribution is 14.1. The number of nitrogens with zero attached hydrogens (tertiary/aromatic N) is 3. The summed E-state index contributed by atoms with van der Waals surface area (Å²) in [7, 11) is 0. The van der Waals surface area contributed by atoms with E-state index >= 15 is 0 Å². The van der Waals surface area contributed by atoms with Gasteiger partial charge in [-0.25, -0.2) is 4.39 Å². The fourth-order valence-corrected chi connectivity index (χ4v) is 4.94. The van der Waals surface area contributed by atoms with Gasteiger partial charge in [-0.1, -0.05) is 23.9 Å². The number of thioether (sulfide) groups is 1. The molecule has 3 rings (SSSR count). The molecule has 0 saturated heterocycles. The van der Waals surface area contributed by atoms with Crippen molar-refractivity contribution in [3.63, 3.8) is 0 Å². The second kappa shape index (κ2) is 10.9. The van der Waals surface area contributed by atoms with E-state index in [4.69, 9.17) is 0 Å². The second-order valence-corrected chi connectivity index (χ2v) is 9.25. The van der Waals surface area contributed by atoms with Crippen LogP contribution in [0.25, 0.3) is 0 Å². The number of rotatable bonds is 8. The van der Waals surface area contributed by atoms with Crippen molar-refractivity contribution >= 4 is 51.9 Å². The van der Waals surface area contributed by atoms with Gasteiger partial charge >= 0.3 is 0 Å². The Bertz CT molecular complexity index is 1130. The topological polar surface area (TPSA) is 88.9 Å². The predicted octanol–water partition coefficient (Wildman–Crippen LogP) is 4.32. The van der Waals surface area contributed by atoms with E-state index in [0.29, 0.717) is 17.5 Å². The Morgan fingerprint density at radius 1 is 1.16 bits per heavy atom. The van der Waals surface area contributed by atoms with Gasteiger partial charge in [-0.05, 0) is 78.8 Å². The van der Waals surface area contributed by atoms with Crippen LogP contribution in [0.4, 0.5) is 10.1 Å². The lowest BCUT2D eigenvalue weighted by Crippen LogP contribution is -2.25. The Kier molecular flexibility index (Phi) is 8.24. The van der Waals surface area contributed by atoms with Gasteiger partial charge < -0.3 is 15.2 Å². The van der Waals surface area contributed by atoms with E-state index in [-0.39, 0.29) is 23.8 Å². The summed E-state index contributed by atoms with van der Waals surface area (Å²) in [5, 5.41) is 14.5. The molecule has 7 nitrogen and oxygen atoms in total. The van der Waals surface area contributed by atoms with Crippen molar-refractivity contribution in [3.8, 4) is 0 Å². The number of hydrogen-bond donors (Lipinski definition) is 2. The molecule has 0 aliphatic rings. The fourth-order valence-electron chi connectivity index (χ4n) is 3.19. The maximum absolute atomic E-state index is 13.8. The number of benzene rings is 2. The zero-order valence-electron chi connectivity index (χ0n) is 17.9. The molecule has 0 aliphatic carbocycles. The quantitative estimate of drug-likeness (QED) is 0.313. The molecular weight excluding hydrogens is 544 g/mol. The molecule has 0 radical (unpaired) electrons. The molecule has 0 unspecified atom stereocenters. The summed E-state index contributed by atoms with van der Waals surface area (Å²) in [5.41, 5.74) is 2.82. The van der Waals surface area contributed by atoms with Crippen LogP contribution in [0.1, 0.15) is 34.2 Å². The molecule has 1 aromatic heterocycles. The molecule has 2 aromatic carbocycles. The average Bonchev–Trinajstić information content (AvgIpc) is 3.15. The van der Waals surface area contributed by atoms with Crippen molar-refractivity contribution in [1.82, 2.24) is 20.1 Å². The third kappa shape index (κ3) is 5.85. The molecule has 0 spiro atoms. The van der Waals surface area contributed by atoms with Gasteiger partial charge in [0.1, 0.15) is 5.82 Å². The van der Waals surface area contributed by atoms with Crippen LogP contribution in [0.2, 0.25) is 0 Å². The van der Waals surface area contributed by atoms with E-state index in [1.54, 1.807) is 6.07 Å². The van der Waals surface area contributed by atoms with Gasteiger partial charge in [-0.3, -0.25) is 9.59 Å². The number of halogens is 2. The van der Waals surface area contributed by atoms with Crippen molar-refractivity contribution in [2.45, 2.75) is 39.0 Å². The molecule has 2 amide bonds. The van der Waals surface area contributed by atoms with E-state index in [0.717, 1.165) is 20.4 Å². The molecular formula is C22H23FIN5O2S. The summed E-state index contributed by atoms with van der Waals surface area (Å²) < 4.78 is 16.7. The van der Waals surface area contributed by atoms with Crippen LogP contribution in [0, 0.1) is 23.2 Å².